The van der Waals surface area contributed by atoms with Crippen molar-refractivity contribution in [3.63, 3.8) is 0 Å². The Kier molecular flexibility index (Phi) is 0.356. The van der Waals surface area contributed by atoms with Crippen LogP contribution in [-0.2, 0) is 0 Å². The molecule has 0 radical (unpaired) electrons. The lowest BCUT2D eigenvalue weighted by Crippen LogP contribution is -2.38. The number of hydrogen-bond acceptors (Lipinski definition) is 1. The maximum Gasteiger partial charge on any atom is 0.0905 e. The first kappa shape index (κ1) is 1.09. The van der Waals surface area contributed by atoms with E-state index in [0.717, 1.165) is 0 Å². The minimum Gasteiger partial charge on any atom is -0.330 e. The molecular formula is C5H15N2+. The molecule has 0 aromatic carbocycles. The molecule has 0 bridgehead atoms. The zero-order chi connectivity index (χ0) is 13.4. The van der Waals surface area contributed by atoms with Gasteiger partial charge in [-0.2, -0.15) is 0 Å². The third-order valence-electron chi connectivity index (χ3n) is 0.465. The van der Waals surface area contributed by atoms with Gasteiger partial charge in [0.25, 0.3) is 0 Å². The molecule has 0 amide bonds. The fraction of sp³-hybridized carbons (Fsp3) is 1.00. The number of hydrogen-bond donors (Lipinski definition) is 1. The van der Waals surface area contributed by atoms with Crippen LogP contribution in [0.4, 0.5) is 0 Å². The molecule has 0 saturated heterocycles. The Morgan fingerprint density at radius 3 is 2.29 bits per heavy atom. The zero-order valence-electron chi connectivity index (χ0n) is 12.9. The normalized spacial score (nSPS) is 36.4. The highest BCUT2D eigenvalue weighted by molar-refractivity contribution is 4.26. The Balaban J connectivity index is 5.82. The molecule has 2 heteroatoms. The predicted molar refractivity (Wildman–Crippen MR) is 32.0 cm³/mol. The van der Waals surface area contributed by atoms with Gasteiger partial charge >= 0.3 is 0 Å². The van der Waals surface area contributed by atoms with Crippen molar-refractivity contribution in [3.8, 4) is 0 Å². The van der Waals surface area contributed by atoms with E-state index < -0.39 is 32.0 Å². The van der Waals surface area contributed by atoms with E-state index in [0.29, 0.717) is 0 Å². The lowest BCUT2D eigenvalue weighted by Gasteiger charge is -2.22. The molecule has 0 aliphatic heterocycles. The van der Waals surface area contributed by atoms with Gasteiger partial charge in [0.15, 0.2) is 0 Å². The number of likely N-dealkylation sites (N-methyl/N-ethyl adjacent to an activating group) is 1. The van der Waals surface area contributed by atoms with Crippen LogP contribution >= 0.6 is 0 Å². The average molecular weight is 112 g/mol. The summed E-state index contributed by atoms with van der Waals surface area (Å²) in [6, 6.07) is 0. The molecule has 2 N–H and O–H groups in total. The number of nitrogens with two attached hydrogens (primary N) is 1. The number of rotatable bonds is 2. The maximum absolute atomic E-state index is 7.18. The van der Waals surface area contributed by atoms with E-state index in [4.69, 9.17) is 18.1 Å². The third-order valence-corrected chi connectivity index (χ3v) is 0.465. The highest BCUT2D eigenvalue weighted by Crippen LogP contribution is 1.83. The number of quaternary nitrogens is 1. The summed E-state index contributed by atoms with van der Waals surface area (Å²) in [6.45, 7) is -10.6. The van der Waals surface area contributed by atoms with Gasteiger partial charge in [-0.25, -0.2) is 0 Å². The van der Waals surface area contributed by atoms with Gasteiger partial charge in [0.2, 0.25) is 0 Å². The summed E-state index contributed by atoms with van der Waals surface area (Å²) in [5, 5.41) is 0. The van der Waals surface area contributed by atoms with Gasteiger partial charge in [-0.15, -0.1) is 0 Å². The van der Waals surface area contributed by atoms with Crippen molar-refractivity contribution < 1.29 is 16.8 Å². The summed E-state index contributed by atoms with van der Waals surface area (Å²) in [7, 11) is 0. The lowest BCUT2D eigenvalue weighted by molar-refractivity contribution is -0.868. The van der Waals surface area contributed by atoms with Gasteiger partial charge in [-0.05, 0) is 0 Å². The standard InChI is InChI=1S/C5H15N2/c1-7(2,3)5-4-6/h4-6H2,1-3H3/q+1/i1D3,2D3,3D3. The van der Waals surface area contributed by atoms with Crippen LogP contribution in [0.5, 0.6) is 0 Å². The summed E-state index contributed by atoms with van der Waals surface area (Å²) in [4.78, 5) is 0. The van der Waals surface area contributed by atoms with E-state index >= 15 is 0 Å². The first-order valence-electron chi connectivity index (χ1n) is 6.40. The first-order chi connectivity index (χ1) is 6.81. The van der Waals surface area contributed by atoms with E-state index in [9.17, 15) is 0 Å². The highest BCUT2D eigenvalue weighted by atomic mass is 15.3. The van der Waals surface area contributed by atoms with Crippen LogP contribution in [0.3, 0.4) is 0 Å². The average Bonchev–Trinajstić information content (AvgIpc) is 1.91. The Labute approximate surface area is 58.2 Å². The van der Waals surface area contributed by atoms with Gasteiger partial charge in [0.1, 0.15) is 0 Å². The largest absolute Gasteiger partial charge is 0.330 e. The molecule has 44 valence electrons. The van der Waals surface area contributed by atoms with Crippen LogP contribution in [0.25, 0.3) is 0 Å². The Hall–Kier alpha value is -0.0800. The molecule has 0 rings (SSSR count). The van der Waals surface area contributed by atoms with Crippen molar-refractivity contribution in [3.05, 3.63) is 0 Å². The Bertz CT molecular complexity index is 200. The third kappa shape index (κ3) is 5.92. The minimum atomic E-state index is -3.18. The van der Waals surface area contributed by atoms with Crippen molar-refractivity contribution in [2.45, 2.75) is 0 Å². The summed E-state index contributed by atoms with van der Waals surface area (Å²) in [5.74, 6) is 0. The quantitative estimate of drug-likeness (QED) is 0.486. The summed E-state index contributed by atoms with van der Waals surface area (Å²) >= 11 is 0. The SMILES string of the molecule is [2H]C([2H])([2H])[N+](CCN)(C([2H])([2H])[2H])C([2H])([2H])[2H]. The van der Waals surface area contributed by atoms with Gasteiger partial charge in [0.05, 0.1) is 39.8 Å². The molecule has 0 aliphatic carbocycles. The molecule has 0 aromatic rings. The summed E-state index contributed by atoms with van der Waals surface area (Å²) < 4.78 is 62.7. The van der Waals surface area contributed by atoms with Crippen molar-refractivity contribution in [2.24, 2.45) is 5.73 Å². The summed E-state index contributed by atoms with van der Waals surface area (Å²) in [5.41, 5.74) is 5.14. The second-order valence-electron chi connectivity index (χ2n) is 1.32. The molecule has 7 heavy (non-hydrogen) atoms. The second-order valence-corrected chi connectivity index (χ2v) is 1.32. The van der Waals surface area contributed by atoms with Crippen LogP contribution < -0.4 is 5.73 Å². The smallest absolute Gasteiger partial charge is 0.0905 e. The molecule has 0 saturated carbocycles. The molecular weight excluding hydrogens is 88.1 g/mol. The Morgan fingerprint density at radius 2 is 2.14 bits per heavy atom. The summed E-state index contributed by atoms with van der Waals surface area (Å²) in [6.07, 6.45) is 0. The van der Waals surface area contributed by atoms with Crippen molar-refractivity contribution >= 4 is 0 Å². The van der Waals surface area contributed by atoms with Crippen molar-refractivity contribution in [1.82, 2.24) is 0 Å². The fourth-order valence-electron chi connectivity index (χ4n) is 0.194. The van der Waals surface area contributed by atoms with Crippen LogP contribution in [0, 0.1) is 0 Å². The lowest BCUT2D eigenvalue weighted by atomic mass is 10.5. The van der Waals surface area contributed by atoms with Gasteiger partial charge in [-0.1, -0.05) is 0 Å². The van der Waals surface area contributed by atoms with E-state index in [2.05, 4.69) is 0 Å². The monoisotopic (exact) mass is 112 g/mol. The van der Waals surface area contributed by atoms with Crippen molar-refractivity contribution in [2.75, 3.05) is 34.0 Å². The molecule has 0 heterocycles. The van der Waals surface area contributed by atoms with Crippen LogP contribution in [-0.4, -0.2) is 38.5 Å². The van der Waals surface area contributed by atoms with Crippen LogP contribution in [0.1, 0.15) is 12.3 Å². The fourth-order valence-corrected chi connectivity index (χ4v) is 0.194. The molecule has 0 fully saturated rings. The van der Waals surface area contributed by atoms with E-state index in [1.807, 2.05) is 0 Å². The molecule has 0 aromatic heterocycles. The zero-order valence-corrected chi connectivity index (χ0v) is 3.94. The van der Waals surface area contributed by atoms with Gasteiger partial charge in [0, 0.05) is 6.54 Å². The molecule has 0 spiro atoms. The minimum absolute atomic E-state index is 0.338. The second kappa shape index (κ2) is 2.28. The Morgan fingerprint density at radius 1 is 1.57 bits per heavy atom. The van der Waals surface area contributed by atoms with Gasteiger partial charge < -0.3 is 10.2 Å². The molecule has 0 aliphatic rings. The maximum atomic E-state index is 7.18. The number of nitrogens with zero attached hydrogens (tertiary/aromatic N) is 1. The van der Waals surface area contributed by atoms with Gasteiger partial charge in [-0.3, -0.25) is 0 Å². The highest BCUT2D eigenvalue weighted by Gasteiger charge is 2.01. The molecule has 2 nitrogen and oxygen atoms in total. The molecule has 0 unspecified atom stereocenters. The first-order valence-corrected chi connectivity index (χ1v) is 1.90. The topological polar surface area (TPSA) is 26.0 Å². The van der Waals surface area contributed by atoms with Crippen LogP contribution in [0.2, 0.25) is 0 Å². The van der Waals surface area contributed by atoms with E-state index in [-0.39, 0.29) is 6.54 Å². The molecule has 0 atom stereocenters. The van der Waals surface area contributed by atoms with E-state index in [1.54, 1.807) is 0 Å². The van der Waals surface area contributed by atoms with E-state index in [1.165, 1.54) is 0 Å². The van der Waals surface area contributed by atoms with Crippen LogP contribution in [0.15, 0.2) is 0 Å². The predicted octanol–water partition coefficient (Wildman–Crippen LogP) is -0.349. The van der Waals surface area contributed by atoms with Crippen molar-refractivity contribution in [1.29, 1.82) is 0 Å².